The Morgan fingerprint density at radius 2 is 1.93 bits per heavy atom. The molecule has 3 rings (SSSR count). The lowest BCUT2D eigenvalue weighted by atomic mass is 10.2. The van der Waals surface area contributed by atoms with E-state index in [1.165, 1.54) is 4.57 Å². The highest BCUT2D eigenvalue weighted by Gasteiger charge is 2.37. The Bertz CT molecular complexity index is 1060. The molecule has 0 saturated heterocycles. The van der Waals surface area contributed by atoms with Crippen LogP contribution in [0, 0.1) is 0 Å². The molecule has 0 fully saturated rings. The zero-order valence-electron chi connectivity index (χ0n) is 13.8. The third-order valence-corrected chi connectivity index (χ3v) is 4.10. The van der Waals surface area contributed by atoms with E-state index in [2.05, 4.69) is 26.0 Å². The number of carbonyl (C=O) groups is 1. The van der Waals surface area contributed by atoms with Gasteiger partial charge in [-0.25, -0.2) is 4.79 Å². The topological polar surface area (TPSA) is 78.5 Å². The Balaban J connectivity index is 2.20. The predicted octanol–water partition coefficient (Wildman–Crippen LogP) is 2.90. The first-order valence-electron chi connectivity index (χ1n) is 7.69. The standard InChI is InChI=1S/C16H12BrF3N4O3/c1-2-27-13(26)11-8-23(7-9-3-5-10(17)6-4-9)15-21-14(16(18,19)20)22-24(15)12(11)25/h3-6,8H,2,7H2,1H3. The molecule has 0 amide bonds. The van der Waals surface area contributed by atoms with E-state index in [0.717, 1.165) is 16.2 Å². The first-order valence-corrected chi connectivity index (χ1v) is 8.49. The van der Waals surface area contributed by atoms with E-state index < -0.39 is 29.1 Å². The molecule has 27 heavy (non-hydrogen) atoms. The number of alkyl halides is 3. The van der Waals surface area contributed by atoms with Crippen LogP contribution in [0.25, 0.3) is 5.78 Å². The molecule has 0 aliphatic rings. The first kappa shape index (κ1) is 19.1. The van der Waals surface area contributed by atoms with Crippen LogP contribution >= 0.6 is 15.9 Å². The van der Waals surface area contributed by atoms with Crippen LogP contribution in [0.1, 0.15) is 28.7 Å². The van der Waals surface area contributed by atoms with Crippen molar-refractivity contribution in [1.82, 2.24) is 19.2 Å². The van der Waals surface area contributed by atoms with Crippen LogP contribution in [-0.2, 0) is 17.5 Å². The van der Waals surface area contributed by atoms with Gasteiger partial charge in [-0.1, -0.05) is 28.1 Å². The van der Waals surface area contributed by atoms with Gasteiger partial charge in [-0.3, -0.25) is 4.79 Å². The number of hydrogen-bond donors (Lipinski definition) is 0. The quantitative estimate of drug-likeness (QED) is 0.578. The Hall–Kier alpha value is -2.69. The molecule has 3 aromatic rings. The van der Waals surface area contributed by atoms with Gasteiger partial charge in [-0.05, 0) is 24.6 Å². The summed E-state index contributed by atoms with van der Waals surface area (Å²) in [6.45, 7) is 1.63. The number of fused-ring (bicyclic) bond motifs is 1. The molecular weight excluding hydrogens is 433 g/mol. The van der Waals surface area contributed by atoms with E-state index in [-0.39, 0.29) is 18.9 Å². The average Bonchev–Trinajstić information content (AvgIpc) is 3.06. The minimum Gasteiger partial charge on any atom is -0.462 e. The lowest BCUT2D eigenvalue weighted by molar-refractivity contribution is -0.144. The van der Waals surface area contributed by atoms with Gasteiger partial charge in [0.25, 0.3) is 11.4 Å². The summed E-state index contributed by atoms with van der Waals surface area (Å²) in [5.74, 6) is -2.74. The van der Waals surface area contributed by atoms with Crippen LogP contribution in [0.3, 0.4) is 0 Å². The van der Waals surface area contributed by atoms with Crippen molar-refractivity contribution in [3.8, 4) is 0 Å². The molecule has 0 radical (unpaired) electrons. The summed E-state index contributed by atoms with van der Waals surface area (Å²) in [6.07, 6.45) is -3.70. The fourth-order valence-electron chi connectivity index (χ4n) is 2.38. The number of esters is 1. The monoisotopic (exact) mass is 444 g/mol. The van der Waals surface area contributed by atoms with E-state index in [9.17, 15) is 22.8 Å². The molecule has 0 aliphatic heterocycles. The lowest BCUT2D eigenvalue weighted by Gasteiger charge is -2.10. The third-order valence-electron chi connectivity index (χ3n) is 3.57. The highest BCUT2D eigenvalue weighted by molar-refractivity contribution is 9.10. The zero-order valence-corrected chi connectivity index (χ0v) is 15.4. The molecule has 0 N–H and O–H groups in total. The largest absolute Gasteiger partial charge is 0.462 e. The minimum atomic E-state index is -4.84. The number of halogens is 4. The highest BCUT2D eigenvalue weighted by atomic mass is 79.9. The summed E-state index contributed by atoms with van der Waals surface area (Å²) in [6, 6.07) is 6.99. The molecule has 2 heterocycles. The number of benzene rings is 1. The minimum absolute atomic E-state index is 0.00812. The van der Waals surface area contributed by atoms with Gasteiger partial charge in [0.2, 0.25) is 5.78 Å². The summed E-state index contributed by atoms with van der Waals surface area (Å²) < 4.78 is 46.3. The van der Waals surface area contributed by atoms with Crippen LogP contribution in [0.4, 0.5) is 13.2 Å². The van der Waals surface area contributed by atoms with Gasteiger partial charge in [-0.2, -0.15) is 22.7 Å². The van der Waals surface area contributed by atoms with E-state index in [1.54, 1.807) is 31.2 Å². The van der Waals surface area contributed by atoms with E-state index in [1.807, 2.05) is 0 Å². The average molecular weight is 445 g/mol. The highest BCUT2D eigenvalue weighted by Crippen LogP contribution is 2.26. The van der Waals surface area contributed by atoms with Gasteiger partial charge in [-0.15, -0.1) is 5.10 Å². The van der Waals surface area contributed by atoms with Crippen LogP contribution in [0.15, 0.2) is 39.7 Å². The molecule has 1 aromatic carbocycles. The van der Waals surface area contributed by atoms with Crippen molar-refractivity contribution in [2.24, 2.45) is 0 Å². The summed E-state index contributed by atoms with van der Waals surface area (Å²) in [5, 5.41) is 3.24. The molecule has 11 heteroatoms. The normalized spacial score (nSPS) is 11.7. The van der Waals surface area contributed by atoms with Crippen molar-refractivity contribution < 1.29 is 22.7 Å². The summed E-state index contributed by atoms with van der Waals surface area (Å²) in [4.78, 5) is 27.9. The number of hydrogen-bond acceptors (Lipinski definition) is 5. The fraction of sp³-hybridized carbons (Fsp3) is 0.250. The molecule has 2 aromatic heterocycles. The Morgan fingerprint density at radius 1 is 1.26 bits per heavy atom. The first-order chi connectivity index (χ1) is 12.7. The molecular formula is C16H12BrF3N4O3. The van der Waals surface area contributed by atoms with Crippen LogP contribution in [-0.4, -0.2) is 31.7 Å². The second-order valence-electron chi connectivity index (χ2n) is 5.47. The van der Waals surface area contributed by atoms with Crippen LogP contribution < -0.4 is 5.56 Å². The fourth-order valence-corrected chi connectivity index (χ4v) is 2.65. The second kappa shape index (κ2) is 7.14. The maximum Gasteiger partial charge on any atom is 0.453 e. The Kier molecular flexibility index (Phi) is 5.05. The van der Waals surface area contributed by atoms with Crippen molar-refractivity contribution >= 4 is 27.7 Å². The molecule has 0 bridgehead atoms. The third kappa shape index (κ3) is 3.87. The molecule has 0 unspecified atom stereocenters. The van der Waals surface area contributed by atoms with Crippen molar-refractivity contribution in [1.29, 1.82) is 0 Å². The molecule has 0 saturated carbocycles. The second-order valence-corrected chi connectivity index (χ2v) is 6.38. The Morgan fingerprint density at radius 3 is 2.52 bits per heavy atom. The van der Waals surface area contributed by atoms with Gasteiger partial charge in [0, 0.05) is 10.7 Å². The Labute approximate surface area is 158 Å². The van der Waals surface area contributed by atoms with Gasteiger partial charge in [0.1, 0.15) is 5.56 Å². The SMILES string of the molecule is CCOC(=O)c1cn(Cc2ccc(Br)cc2)c2nc(C(F)(F)F)nn2c1=O. The molecule has 142 valence electrons. The number of ether oxygens (including phenoxy) is 1. The van der Waals surface area contributed by atoms with Crippen molar-refractivity contribution in [2.45, 2.75) is 19.6 Å². The van der Waals surface area contributed by atoms with Crippen molar-refractivity contribution in [3.05, 3.63) is 62.2 Å². The zero-order chi connectivity index (χ0) is 19.8. The van der Waals surface area contributed by atoms with E-state index in [4.69, 9.17) is 4.74 Å². The van der Waals surface area contributed by atoms with Crippen molar-refractivity contribution in [2.75, 3.05) is 6.61 Å². The molecule has 0 spiro atoms. The van der Waals surface area contributed by atoms with Crippen molar-refractivity contribution in [3.63, 3.8) is 0 Å². The summed E-state index contributed by atoms with van der Waals surface area (Å²) in [7, 11) is 0. The van der Waals surface area contributed by atoms with Gasteiger partial charge >= 0.3 is 12.1 Å². The predicted molar refractivity (Wildman–Crippen MR) is 91.4 cm³/mol. The van der Waals surface area contributed by atoms with E-state index in [0.29, 0.717) is 4.52 Å². The van der Waals surface area contributed by atoms with Crippen LogP contribution in [0.2, 0.25) is 0 Å². The van der Waals surface area contributed by atoms with Crippen LogP contribution in [0.5, 0.6) is 0 Å². The summed E-state index contributed by atoms with van der Waals surface area (Å²) >= 11 is 3.29. The number of nitrogens with zero attached hydrogens (tertiary/aromatic N) is 4. The summed E-state index contributed by atoms with van der Waals surface area (Å²) in [5.41, 5.74) is -0.742. The molecule has 0 aliphatic carbocycles. The number of rotatable bonds is 4. The maximum atomic E-state index is 13.0. The van der Waals surface area contributed by atoms with Gasteiger partial charge < -0.3 is 9.30 Å². The number of aromatic nitrogens is 4. The van der Waals surface area contributed by atoms with E-state index >= 15 is 0 Å². The number of carbonyl (C=O) groups excluding carboxylic acids is 1. The maximum absolute atomic E-state index is 13.0. The van der Waals surface area contributed by atoms with Gasteiger partial charge in [0.05, 0.1) is 13.2 Å². The molecule has 7 nitrogen and oxygen atoms in total. The van der Waals surface area contributed by atoms with Gasteiger partial charge in [0.15, 0.2) is 0 Å². The smallest absolute Gasteiger partial charge is 0.453 e. The lowest BCUT2D eigenvalue weighted by Crippen LogP contribution is -2.27. The molecule has 0 atom stereocenters.